The molecule has 11 heavy (non-hydrogen) atoms. The molecule has 3 N–H and O–H groups in total. The van der Waals surface area contributed by atoms with Crippen molar-refractivity contribution in [3.05, 3.63) is 0 Å². The molecule has 1 atom stereocenters. The Hall–Kier alpha value is -0.550. The number of nitrogens with one attached hydrogen (secondary N) is 1. The minimum absolute atomic E-state index is 0.355. The molecule has 1 fully saturated rings. The van der Waals surface area contributed by atoms with Crippen molar-refractivity contribution in [1.82, 2.24) is 5.32 Å². The summed E-state index contributed by atoms with van der Waals surface area (Å²) in [6, 6.07) is -0.355. The molecule has 1 amide bonds. The number of thioether (sulfide) groups is 1. The van der Waals surface area contributed by atoms with Crippen molar-refractivity contribution in [2.45, 2.75) is 6.04 Å². The SMILES string of the molecule is NC(=O)C(=O)C1CSCCN1. The third kappa shape index (κ3) is 2.20. The fraction of sp³-hybridized carbons (Fsp3) is 0.667. The number of ketones is 1. The standard InChI is InChI=1S/C6H10N2O2S/c7-6(10)5(9)4-3-11-2-1-8-4/h4,8H,1-3H2,(H2,7,10). The van der Waals surface area contributed by atoms with E-state index in [9.17, 15) is 9.59 Å². The van der Waals surface area contributed by atoms with E-state index in [2.05, 4.69) is 5.32 Å². The summed E-state index contributed by atoms with van der Waals surface area (Å²) in [6.07, 6.45) is 0. The molecule has 5 heteroatoms. The van der Waals surface area contributed by atoms with E-state index in [1.165, 1.54) is 0 Å². The van der Waals surface area contributed by atoms with Gasteiger partial charge in [-0.1, -0.05) is 0 Å². The van der Waals surface area contributed by atoms with Gasteiger partial charge in [-0.15, -0.1) is 0 Å². The summed E-state index contributed by atoms with van der Waals surface area (Å²) in [5.74, 6) is 0.298. The highest BCUT2D eigenvalue weighted by Crippen LogP contribution is 2.07. The van der Waals surface area contributed by atoms with Gasteiger partial charge in [-0.2, -0.15) is 11.8 Å². The molecule has 4 nitrogen and oxygen atoms in total. The van der Waals surface area contributed by atoms with E-state index in [0.717, 1.165) is 12.3 Å². The van der Waals surface area contributed by atoms with Crippen LogP contribution in [0.25, 0.3) is 0 Å². The van der Waals surface area contributed by atoms with E-state index in [0.29, 0.717) is 5.75 Å². The lowest BCUT2D eigenvalue weighted by Crippen LogP contribution is -2.48. The Kier molecular flexibility index (Phi) is 2.90. The molecular weight excluding hydrogens is 164 g/mol. The molecule has 0 spiro atoms. The second-order valence-corrected chi connectivity index (χ2v) is 3.46. The van der Waals surface area contributed by atoms with Gasteiger partial charge in [0.2, 0.25) is 5.78 Å². The van der Waals surface area contributed by atoms with Gasteiger partial charge in [0.05, 0.1) is 6.04 Å². The molecule has 1 aliphatic rings. The highest BCUT2D eigenvalue weighted by atomic mass is 32.2. The third-order valence-corrected chi connectivity index (χ3v) is 2.54. The summed E-state index contributed by atoms with van der Waals surface area (Å²) < 4.78 is 0. The summed E-state index contributed by atoms with van der Waals surface area (Å²) in [7, 11) is 0. The quantitative estimate of drug-likeness (QED) is 0.513. The van der Waals surface area contributed by atoms with Crippen molar-refractivity contribution in [1.29, 1.82) is 0 Å². The number of carbonyl (C=O) groups excluding carboxylic acids is 2. The molecule has 1 saturated heterocycles. The van der Waals surface area contributed by atoms with Crippen LogP contribution >= 0.6 is 11.8 Å². The van der Waals surface area contributed by atoms with E-state index in [4.69, 9.17) is 5.73 Å². The van der Waals surface area contributed by atoms with Crippen molar-refractivity contribution in [3.8, 4) is 0 Å². The maximum Gasteiger partial charge on any atom is 0.286 e. The summed E-state index contributed by atoms with van der Waals surface area (Å²) in [4.78, 5) is 21.4. The van der Waals surface area contributed by atoms with Crippen molar-refractivity contribution in [2.24, 2.45) is 5.73 Å². The van der Waals surface area contributed by atoms with Crippen LogP contribution in [0.2, 0.25) is 0 Å². The van der Waals surface area contributed by atoms with Crippen LogP contribution in [-0.4, -0.2) is 35.8 Å². The Bertz CT molecular complexity index is 177. The van der Waals surface area contributed by atoms with Crippen LogP contribution in [0.4, 0.5) is 0 Å². The molecule has 0 saturated carbocycles. The minimum Gasteiger partial charge on any atom is -0.363 e. The summed E-state index contributed by atoms with van der Waals surface area (Å²) >= 11 is 1.66. The van der Waals surface area contributed by atoms with E-state index in [1.807, 2.05) is 0 Å². The predicted octanol–water partition coefficient (Wildman–Crippen LogP) is -1.25. The molecule has 62 valence electrons. The zero-order valence-electron chi connectivity index (χ0n) is 6.00. The summed E-state index contributed by atoms with van der Waals surface area (Å²) in [6.45, 7) is 0.772. The van der Waals surface area contributed by atoms with E-state index in [1.54, 1.807) is 11.8 Å². The van der Waals surface area contributed by atoms with Gasteiger partial charge < -0.3 is 11.1 Å². The maximum absolute atomic E-state index is 10.9. The van der Waals surface area contributed by atoms with Gasteiger partial charge in [-0.3, -0.25) is 9.59 Å². The second-order valence-electron chi connectivity index (χ2n) is 2.31. The number of primary amides is 1. The van der Waals surface area contributed by atoms with Crippen molar-refractivity contribution in [3.63, 3.8) is 0 Å². The molecule has 0 bridgehead atoms. The fourth-order valence-electron chi connectivity index (χ4n) is 0.906. The topological polar surface area (TPSA) is 72.2 Å². The lowest BCUT2D eigenvalue weighted by atomic mass is 10.2. The van der Waals surface area contributed by atoms with Gasteiger partial charge in [0.25, 0.3) is 5.91 Å². The van der Waals surface area contributed by atoms with Gasteiger partial charge in [-0.25, -0.2) is 0 Å². The largest absolute Gasteiger partial charge is 0.363 e. The number of hydrogen-bond acceptors (Lipinski definition) is 4. The second kappa shape index (κ2) is 3.73. The highest BCUT2D eigenvalue weighted by molar-refractivity contribution is 7.99. The molecular formula is C6H10N2O2S. The van der Waals surface area contributed by atoms with Crippen molar-refractivity contribution in [2.75, 3.05) is 18.1 Å². The molecule has 0 aliphatic carbocycles. The Morgan fingerprint density at radius 2 is 2.27 bits per heavy atom. The first kappa shape index (κ1) is 8.55. The number of amides is 1. The van der Waals surface area contributed by atoms with Crippen molar-refractivity contribution >= 4 is 23.5 Å². The van der Waals surface area contributed by atoms with Gasteiger partial charge in [0.15, 0.2) is 0 Å². The predicted molar refractivity (Wildman–Crippen MR) is 43.3 cm³/mol. The summed E-state index contributed by atoms with van der Waals surface area (Å²) in [5, 5.41) is 2.93. The lowest BCUT2D eigenvalue weighted by Gasteiger charge is -2.20. The average Bonchev–Trinajstić information content (AvgIpc) is 2.05. The van der Waals surface area contributed by atoms with Crippen LogP contribution < -0.4 is 11.1 Å². The Morgan fingerprint density at radius 1 is 1.55 bits per heavy atom. The monoisotopic (exact) mass is 174 g/mol. The highest BCUT2D eigenvalue weighted by Gasteiger charge is 2.24. The van der Waals surface area contributed by atoms with Gasteiger partial charge in [0.1, 0.15) is 0 Å². The molecule has 0 aromatic rings. The zero-order valence-corrected chi connectivity index (χ0v) is 6.82. The Labute approximate surface area is 68.9 Å². The maximum atomic E-state index is 10.9. The number of rotatable bonds is 2. The van der Waals surface area contributed by atoms with Gasteiger partial charge >= 0.3 is 0 Å². The zero-order chi connectivity index (χ0) is 8.27. The third-order valence-electron chi connectivity index (χ3n) is 1.48. The minimum atomic E-state index is -0.843. The van der Waals surface area contributed by atoms with Crippen LogP contribution in [-0.2, 0) is 9.59 Å². The molecule has 1 heterocycles. The number of hydrogen-bond donors (Lipinski definition) is 2. The van der Waals surface area contributed by atoms with E-state index < -0.39 is 11.7 Å². The van der Waals surface area contributed by atoms with Crippen LogP contribution in [0.3, 0.4) is 0 Å². The number of Topliss-reactive ketones (excluding diaryl/α,β-unsaturated/α-hetero) is 1. The first-order chi connectivity index (χ1) is 5.22. The van der Waals surface area contributed by atoms with Crippen molar-refractivity contribution < 1.29 is 9.59 Å². The van der Waals surface area contributed by atoms with Crippen LogP contribution in [0, 0.1) is 0 Å². The fourth-order valence-corrected chi connectivity index (χ4v) is 1.84. The van der Waals surface area contributed by atoms with Gasteiger partial charge in [0, 0.05) is 18.1 Å². The number of nitrogens with two attached hydrogens (primary N) is 1. The van der Waals surface area contributed by atoms with Gasteiger partial charge in [-0.05, 0) is 0 Å². The summed E-state index contributed by atoms with van der Waals surface area (Å²) in [5.41, 5.74) is 4.83. The first-order valence-corrected chi connectivity index (χ1v) is 4.52. The Morgan fingerprint density at radius 3 is 2.73 bits per heavy atom. The lowest BCUT2D eigenvalue weighted by molar-refractivity contribution is -0.136. The smallest absolute Gasteiger partial charge is 0.286 e. The number of carbonyl (C=O) groups is 2. The van der Waals surface area contributed by atoms with Crippen LogP contribution in [0.1, 0.15) is 0 Å². The normalized spacial score (nSPS) is 24.5. The van der Waals surface area contributed by atoms with E-state index >= 15 is 0 Å². The molecule has 1 unspecified atom stereocenters. The first-order valence-electron chi connectivity index (χ1n) is 3.36. The Balaban J connectivity index is 2.45. The molecule has 0 aromatic heterocycles. The molecule has 0 radical (unpaired) electrons. The molecule has 1 rings (SSSR count). The van der Waals surface area contributed by atoms with Crippen LogP contribution in [0.15, 0.2) is 0 Å². The van der Waals surface area contributed by atoms with Crippen LogP contribution in [0.5, 0.6) is 0 Å². The van der Waals surface area contributed by atoms with E-state index in [-0.39, 0.29) is 6.04 Å². The molecule has 0 aromatic carbocycles. The molecule has 1 aliphatic heterocycles. The average molecular weight is 174 g/mol.